The molecular weight excluding hydrogens is 316 g/mol. The Morgan fingerprint density at radius 2 is 2.15 bits per heavy atom. The molecule has 112 valence electrons. The van der Waals surface area contributed by atoms with Gasteiger partial charge < -0.3 is 4.90 Å². The van der Waals surface area contributed by atoms with Gasteiger partial charge in [0.2, 0.25) is 0 Å². The summed E-state index contributed by atoms with van der Waals surface area (Å²) < 4.78 is 23.8. The quantitative estimate of drug-likeness (QED) is 0.785. The second kappa shape index (κ2) is 6.03. The van der Waals surface area contributed by atoms with Crippen LogP contribution in [0.25, 0.3) is 0 Å². The van der Waals surface area contributed by atoms with Gasteiger partial charge in [0.1, 0.15) is 5.37 Å². The maximum Gasteiger partial charge on any atom is 0.187 e. The number of hydrogen-bond donors (Lipinski definition) is 0. The van der Waals surface area contributed by atoms with Gasteiger partial charge >= 0.3 is 0 Å². The third kappa shape index (κ3) is 3.17. The van der Waals surface area contributed by atoms with Crippen LogP contribution in [0.1, 0.15) is 35.1 Å². The van der Waals surface area contributed by atoms with Crippen molar-refractivity contribution in [3.05, 3.63) is 10.6 Å². The summed E-state index contributed by atoms with van der Waals surface area (Å²) in [5.74, 6) is 1.57. The van der Waals surface area contributed by atoms with Gasteiger partial charge in [-0.3, -0.25) is 4.79 Å². The summed E-state index contributed by atoms with van der Waals surface area (Å²) in [6.45, 7) is 4.60. The largest absolute Gasteiger partial charge is 0.329 e. The Balaban J connectivity index is 2.40. The maximum atomic E-state index is 11.9. The van der Waals surface area contributed by atoms with Gasteiger partial charge in [-0.25, -0.2) is 13.4 Å². The van der Waals surface area contributed by atoms with E-state index in [9.17, 15) is 13.2 Å². The number of rotatable bonds is 4. The van der Waals surface area contributed by atoms with Crippen LogP contribution in [0.15, 0.2) is 0 Å². The van der Waals surface area contributed by atoms with Crippen LogP contribution in [0.3, 0.4) is 0 Å². The second-order valence-electron chi connectivity index (χ2n) is 5.07. The Kier molecular flexibility index (Phi) is 4.76. The fourth-order valence-electron chi connectivity index (χ4n) is 2.11. The zero-order chi connectivity index (χ0) is 14.9. The Hall–Kier alpha value is -0.600. The van der Waals surface area contributed by atoms with Gasteiger partial charge in [0.25, 0.3) is 0 Å². The number of carbonyl (C=O) groups is 1. The van der Waals surface area contributed by atoms with Crippen molar-refractivity contribution in [3.8, 4) is 0 Å². The minimum absolute atomic E-state index is 0.149. The highest BCUT2D eigenvalue weighted by atomic mass is 32.2. The summed E-state index contributed by atoms with van der Waals surface area (Å²) in [7, 11) is -3.17. The van der Waals surface area contributed by atoms with E-state index in [-0.39, 0.29) is 5.92 Å². The molecule has 1 saturated heterocycles. The van der Waals surface area contributed by atoms with Crippen molar-refractivity contribution in [2.45, 2.75) is 25.1 Å². The average Bonchev–Trinajstić information content (AvgIpc) is 2.82. The lowest BCUT2D eigenvalue weighted by Gasteiger charge is -2.33. The Morgan fingerprint density at radius 3 is 2.65 bits per heavy atom. The van der Waals surface area contributed by atoms with Crippen LogP contribution >= 0.6 is 23.1 Å². The molecule has 0 bridgehead atoms. The van der Waals surface area contributed by atoms with Gasteiger partial charge in [-0.1, -0.05) is 25.2 Å². The normalized spacial score (nSPS) is 20.4. The summed E-state index contributed by atoms with van der Waals surface area (Å²) in [6.07, 6.45) is 2.07. The average molecular weight is 334 g/mol. The van der Waals surface area contributed by atoms with Crippen molar-refractivity contribution in [2.75, 3.05) is 29.2 Å². The molecule has 2 heterocycles. The van der Waals surface area contributed by atoms with E-state index >= 15 is 0 Å². The molecule has 1 fully saturated rings. The second-order valence-corrected chi connectivity index (χ2v) is 9.43. The van der Waals surface area contributed by atoms with Crippen molar-refractivity contribution in [1.29, 1.82) is 0 Å². The van der Waals surface area contributed by atoms with E-state index in [4.69, 9.17) is 0 Å². The molecule has 0 saturated carbocycles. The third-order valence-electron chi connectivity index (χ3n) is 3.15. The van der Waals surface area contributed by atoms with Crippen molar-refractivity contribution >= 4 is 44.4 Å². The van der Waals surface area contributed by atoms with Crippen LogP contribution in [-0.2, 0) is 9.84 Å². The lowest BCUT2D eigenvalue weighted by Crippen LogP contribution is -2.47. The number of carbonyl (C=O) groups excluding carboxylic acids is 1. The molecule has 1 aliphatic heterocycles. The highest BCUT2D eigenvalue weighted by molar-refractivity contribution is 8.01. The molecule has 5 nitrogen and oxygen atoms in total. The molecule has 1 aromatic heterocycles. The van der Waals surface area contributed by atoms with Gasteiger partial charge in [-0.15, -0.1) is 0 Å². The summed E-state index contributed by atoms with van der Waals surface area (Å²) in [4.78, 5) is 18.1. The van der Waals surface area contributed by atoms with E-state index < -0.39 is 15.2 Å². The first-order valence-electron chi connectivity index (χ1n) is 6.33. The van der Waals surface area contributed by atoms with Crippen LogP contribution in [0, 0.1) is 0 Å². The molecule has 1 aliphatic rings. The number of sulfone groups is 1. The summed E-state index contributed by atoms with van der Waals surface area (Å²) >= 11 is 2.93. The minimum Gasteiger partial charge on any atom is -0.329 e. The highest BCUT2D eigenvalue weighted by Gasteiger charge is 2.33. The van der Waals surface area contributed by atoms with Crippen molar-refractivity contribution in [1.82, 2.24) is 4.98 Å². The van der Waals surface area contributed by atoms with Gasteiger partial charge in [0.15, 0.2) is 21.3 Å². The monoisotopic (exact) mass is 334 g/mol. The molecule has 20 heavy (non-hydrogen) atoms. The van der Waals surface area contributed by atoms with Gasteiger partial charge in [0, 0.05) is 24.3 Å². The summed E-state index contributed by atoms with van der Waals surface area (Å²) in [5, 5.41) is 0.0958. The molecule has 1 aromatic rings. The fourth-order valence-corrected chi connectivity index (χ4v) is 6.10. The SMILES string of the molecule is CC(C)c1nc(N2CCSCC2S(C)(=O)=O)sc1C=O. The molecular formula is C12H18N2O3S3. The first-order chi connectivity index (χ1) is 9.34. The zero-order valence-corrected chi connectivity index (χ0v) is 14.1. The summed E-state index contributed by atoms with van der Waals surface area (Å²) in [6, 6.07) is 0. The molecule has 0 aromatic carbocycles. The van der Waals surface area contributed by atoms with Gasteiger partial charge in [-0.05, 0) is 5.92 Å². The van der Waals surface area contributed by atoms with E-state index in [0.29, 0.717) is 22.3 Å². The predicted molar refractivity (Wildman–Crippen MR) is 84.9 cm³/mol. The number of hydrogen-bond acceptors (Lipinski definition) is 7. The van der Waals surface area contributed by atoms with E-state index in [1.54, 1.807) is 11.8 Å². The Morgan fingerprint density at radius 1 is 1.45 bits per heavy atom. The fraction of sp³-hybridized carbons (Fsp3) is 0.667. The molecule has 0 amide bonds. The Bertz CT molecular complexity index is 595. The first-order valence-corrected chi connectivity index (χ1v) is 10.3. The molecule has 8 heteroatoms. The number of anilines is 1. The van der Waals surface area contributed by atoms with Crippen molar-refractivity contribution < 1.29 is 13.2 Å². The molecule has 1 unspecified atom stereocenters. The highest BCUT2D eigenvalue weighted by Crippen LogP contribution is 2.33. The molecule has 0 radical (unpaired) electrons. The molecule has 0 spiro atoms. The lowest BCUT2D eigenvalue weighted by atomic mass is 10.1. The predicted octanol–water partition coefficient (Wildman–Crippen LogP) is 2.00. The minimum atomic E-state index is -3.17. The van der Waals surface area contributed by atoms with Crippen molar-refractivity contribution in [3.63, 3.8) is 0 Å². The molecule has 0 aliphatic carbocycles. The lowest BCUT2D eigenvalue weighted by molar-refractivity contribution is 0.112. The number of thioether (sulfide) groups is 1. The van der Waals surface area contributed by atoms with Gasteiger partial charge in [0.05, 0.1) is 10.6 Å². The van der Waals surface area contributed by atoms with Crippen LogP contribution in [0.2, 0.25) is 0 Å². The number of aromatic nitrogens is 1. The molecule has 0 N–H and O–H groups in total. The van der Waals surface area contributed by atoms with Crippen LogP contribution in [0.5, 0.6) is 0 Å². The van der Waals surface area contributed by atoms with Crippen LogP contribution in [0.4, 0.5) is 5.13 Å². The van der Waals surface area contributed by atoms with E-state index in [2.05, 4.69) is 4.98 Å². The number of nitrogens with zero attached hydrogens (tertiary/aromatic N) is 2. The Labute approximate surface area is 127 Å². The topological polar surface area (TPSA) is 67.3 Å². The standard InChI is InChI=1S/C12H18N2O3S3/c1-8(2)11-9(6-15)19-12(13-11)14-4-5-18-7-10(14)20(3,16)17/h6,8,10H,4-5,7H2,1-3H3. The number of thiazole rings is 1. The maximum absolute atomic E-state index is 11.9. The first kappa shape index (κ1) is 15.8. The zero-order valence-electron chi connectivity index (χ0n) is 11.7. The smallest absolute Gasteiger partial charge is 0.187 e. The number of aldehydes is 1. The van der Waals surface area contributed by atoms with E-state index in [1.807, 2.05) is 18.7 Å². The van der Waals surface area contributed by atoms with E-state index in [0.717, 1.165) is 17.7 Å². The molecule has 1 atom stereocenters. The third-order valence-corrected chi connectivity index (χ3v) is 6.83. The van der Waals surface area contributed by atoms with Crippen LogP contribution < -0.4 is 4.90 Å². The van der Waals surface area contributed by atoms with Crippen molar-refractivity contribution in [2.24, 2.45) is 0 Å². The van der Waals surface area contributed by atoms with E-state index in [1.165, 1.54) is 17.6 Å². The van der Waals surface area contributed by atoms with Crippen LogP contribution in [-0.4, -0.2) is 49.4 Å². The summed E-state index contributed by atoms with van der Waals surface area (Å²) in [5.41, 5.74) is 0.755. The molecule has 2 rings (SSSR count). The van der Waals surface area contributed by atoms with Gasteiger partial charge in [-0.2, -0.15) is 11.8 Å².